The molecule has 6 nitrogen and oxygen atoms in total. The number of ether oxygens (including phenoxy) is 1. The Morgan fingerprint density at radius 2 is 2.00 bits per heavy atom. The van der Waals surface area contributed by atoms with Crippen LogP contribution in [-0.4, -0.2) is 33.8 Å². The summed E-state index contributed by atoms with van der Waals surface area (Å²) in [6.45, 7) is 5.14. The highest BCUT2D eigenvalue weighted by atomic mass is 16.6. The molecular formula is C15H20N2O4. The number of carbonyl (C=O) groups is 2. The van der Waals surface area contributed by atoms with Crippen molar-refractivity contribution in [2.24, 2.45) is 0 Å². The van der Waals surface area contributed by atoms with Gasteiger partial charge >= 0.3 is 12.1 Å². The van der Waals surface area contributed by atoms with Gasteiger partial charge in [-0.1, -0.05) is 12.2 Å². The minimum Gasteiger partial charge on any atom is -0.480 e. The van der Waals surface area contributed by atoms with E-state index in [9.17, 15) is 9.59 Å². The van der Waals surface area contributed by atoms with E-state index in [4.69, 9.17) is 9.84 Å². The number of carbonyl (C=O) groups excluding carboxylic acids is 1. The van der Waals surface area contributed by atoms with E-state index in [1.165, 1.54) is 0 Å². The number of alkyl carbamates (subject to hydrolysis) is 1. The Hall–Kier alpha value is -2.37. The second-order valence-electron chi connectivity index (χ2n) is 5.46. The molecule has 0 aromatic carbocycles. The predicted octanol–water partition coefficient (Wildman–Crippen LogP) is 2.46. The molecule has 1 rings (SSSR count). The van der Waals surface area contributed by atoms with Gasteiger partial charge in [0.05, 0.1) is 0 Å². The molecule has 114 valence electrons. The van der Waals surface area contributed by atoms with Crippen LogP contribution >= 0.6 is 0 Å². The average molecular weight is 292 g/mol. The van der Waals surface area contributed by atoms with Crippen LogP contribution in [0.4, 0.5) is 4.79 Å². The van der Waals surface area contributed by atoms with Crippen molar-refractivity contribution in [1.29, 1.82) is 0 Å². The van der Waals surface area contributed by atoms with E-state index in [-0.39, 0.29) is 6.42 Å². The molecule has 1 heterocycles. The van der Waals surface area contributed by atoms with Crippen molar-refractivity contribution in [3.8, 4) is 0 Å². The Balaban J connectivity index is 2.56. The van der Waals surface area contributed by atoms with Gasteiger partial charge in [0.15, 0.2) is 0 Å². The largest absolute Gasteiger partial charge is 0.480 e. The van der Waals surface area contributed by atoms with E-state index in [1.807, 2.05) is 0 Å². The van der Waals surface area contributed by atoms with Crippen molar-refractivity contribution < 1.29 is 19.4 Å². The third-order valence-corrected chi connectivity index (χ3v) is 2.38. The van der Waals surface area contributed by atoms with E-state index < -0.39 is 23.7 Å². The molecule has 0 bridgehead atoms. The third kappa shape index (κ3) is 7.10. The number of carboxylic acids is 1. The number of rotatable bonds is 5. The van der Waals surface area contributed by atoms with Crippen molar-refractivity contribution in [3.05, 3.63) is 36.2 Å². The number of nitrogens with zero attached hydrogens (tertiary/aromatic N) is 1. The first kappa shape index (κ1) is 16.7. The SMILES string of the molecule is CC(C)(C)OC(=O)NC(CC=Cc1ccncc1)C(=O)O. The summed E-state index contributed by atoms with van der Waals surface area (Å²) in [5, 5.41) is 11.4. The van der Waals surface area contributed by atoms with Crippen molar-refractivity contribution in [2.45, 2.75) is 38.8 Å². The standard InChI is InChI=1S/C15H20N2O4/c1-15(2,3)21-14(20)17-12(13(18)19)6-4-5-11-7-9-16-10-8-11/h4-5,7-10,12H,6H2,1-3H3,(H,17,20)(H,18,19). The van der Waals surface area contributed by atoms with Gasteiger partial charge in [0, 0.05) is 12.4 Å². The molecule has 0 saturated carbocycles. The highest BCUT2D eigenvalue weighted by Crippen LogP contribution is 2.08. The first-order valence-electron chi connectivity index (χ1n) is 6.57. The highest BCUT2D eigenvalue weighted by molar-refractivity contribution is 5.80. The lowest BCUT2D eigenvalue weighted by Gasteiger charge is -2.21. The second kappa shape index (κ2) is 7.42. The lowest BCUT2D eigenvalue weighted by molar-refractivity contribution is -0.139. The van der Waals surface area contributed by atoms with Gasteiger partial charge in [-0.05, 0) is 44.9 Å². The summed E-state index contributed by atoms with van der Waals surface area (Å²) in [5.41, 5.74) is 0.242. The Labute approximate surface area is 123 Å². The van der Waals surface area contributed by atoms with Crippen LogP contribution in [0, 0.1) is 0 Å². The number of hydrogen-bond donors (Lipinski definition) is 2. The van der Waals surface area contributed by atoms with E-state index in [2.05, 4.69) is 10.3 Å². The summed E-state index contributed by atoms with van der Waals surface area (Å²) >= 11 is 0. The van der Waals surface area contributed by atoms with E-state index in [1.54, 1.807) is 57.4 Å². The fourth-order valence-corrected chi connectivity index (χ4v) is 1.49. The first-order chi connectivity index (χ1) is 9.78. The van der Waals surface area contributed by atoms with Gasteiger partial charge in [0.25, 0.3) is 0 Å². The lowest BCUT2D eigenvalue weighted by atomic mass is 10.1. The second-order valence-corrected chi connectivity index (χ2v) is 5.46. The van der Waals surface area contributed by atoms with Crippen LogP contribution in [0.5, 0.6) is 0 Å². The molecule has 1 unspecified atom stereocenters. The molecule has 21 heavy (non-hydrogen) atoms. The summed E-state index contributed by atoms with van der Waals surface area (Å²) in [6, 6.07) is 2.57. The Kier molecular flexibility index (Phi) is 5.90. The van der Waals surface area contributed by atoms with Crippen LogP contribution in [0.3, 0.4) is 0 Å². The van der Waals surface area contributed by atoms with Crippen LogP contribution in [0.1, 0.15) is 32.8 Å². The van der Waals surface area contributed by atoms with E-state index in [0.29, 0.717) is 0 Å². The summed E-state index contributed by atoms with van der Waals surface area (Å²) in [6.07, 6.45) is 6.17. The van der Waals surface area contributed by atoms with Gasteiger partial charge < -0.3 is 15.2 Å². The molecule has 1 amide bonds. The average Bonchev–Trinajstić information content (AvgIpc) is 2.36. The monoisotopic (exact) mass is 292 g/mol. The van der Waals surface area contributed by atoms with Crippen molar-refractivity contribution in [3.63, 3.8) is 0 Å². The van der Waals surface area contributed by atoms with Gasteiger partial charge in [0.1, 0.15) is 11.6 Å². The van der Waals surface area contributed by atoms with Gasteiger partial charge in [-0.3, -0.25) is 4.98 Å². The van der Waals surface area contributed by atoms with Gasteiger partial charge in [0.2, 0.25) is 0 Å². The molecule has 0 aliphatic heterocycles. The quantitative estimate of drug-likeness (QED) is 0.870. The highest BCUT2D eigenvalue weighted by Gasteiger charge is 2.22. The van der Waals surface area contributed by atoms with Crippen LogP contribution in [0.2, 0.25) is 0 Å². The zero-order chi connectivity index (χ0) is 15.9. The lowest BCUT2D eigenvalue weighted by Crippen LogP contribution is -2.43. The molecule has 1 aromatic heterocycles. The molecule has 0 radical (unpaired) electrons. The Bertz CT molecular complexity index is 506. The summed E-state index contributed by atoms with van der Waals surface area (Å²) < 4.78 is 5.04. The van der Waals surface area contributed by atoms with Gasteiger partial charge in [-0.25, -0.2) is 9.59 Å². The fourth-order valence-electron chi connectivity index (χ4n) is 1.49. The maximum absolute atomic E-state index is 11.6. The van der Waals surface area contributed by atoms with Crippen LogP contribution in [0.15, 0.2) is 30.6 Å². The van der Waals surface area contributed by atoms with Crippen LogP contribution in [0.25, 0.3) is 6.08 Å². The van der Waals surface area contributed by atoms with Gasteiger partial charge in [-0.15, -0.1) is 0 Å². The van der Waals surface area contributed by atoms with E-state index in [0.717, 1.165) is 5.56 Å². The molecular weight excluding hydrogens is 272 g/mol. The first-order valence-corrected chi connectivity index (χ1v) is 6.57. The normalized spacial score (nSPS) is 12.9. The molecule has 1 aromatic rings. The molecule has 2 N–H and O–H groups in total. The fraction of sp³-hybridized carbons (Fsp3) is 0.400. The number of amides is 1. The number of nitrogens with one attached hydrogen (secondary N) is 1. The zero-order valence-corrected chi connectivity index (χ0v) is 12.4. The maximum Gasteiger partial charge on any atom is 0.408 e. The third-order valence-electron chi connectivity index (χ3n) is 2.38. The van der Waals surface area contributed by atoms with Crippen molar-refractivity contribution in [2.75, 3.05) is 0 Å². The number of carboxylic acid groups (broad SMARTS) is 1. The molecule has 0 spiro atoms. The molecule has 0 aliphatic carbocycles. The summed E-state index contributed by atoms with van der Waals surface area (Å²) in [7, 11) is 0. The molecule has 6 heteroatoms. The number of pyridine rings is 1. The van der Waals surface area contributed by atoms with Gasteiger partial charge in [-0.2, -0.15) is 0 Å². The molecule has 0 saturated heterocycles. The Morgan fingerprint density at radius 3 is 2.52 bits per heavy atom. The summed E-state index contributed by atoms with van der Waals surface area (Å²) in [5.74, 6) is -1.11. The zero-order valence-electron chi connectivity index (χ0n) is 12.4. The molecule has 0 fully saturated rings. The predicted molar refractivity (Wildman–Crippen MR) is 78.7 cm³/mol. The number of aromatic nitrogens is 1. The van der Waals surface area contributed by atoms with Crippen LogP contribution < -0.4 is 5.32 Å². The molecule has 0 aliphatic rings. The maximum atomic E-state index is 11.6. The summed E-state index contributed by atoms with van der Waals surface area (Å²) in [4.78, 5) is 26.6. The van der Waals surface area contributed by atoms with E-state index >= 15 is 0 Å². The van der Waals surface area contributed by atoms with Crippen molar-refractivity contribution in [1.82, 2.24) is 10.3 Å². The molecule has 1 atom stereocenters. The minimum absolute atomic E-state index is 0.164. The number of aliphatic carboxylic acids is 1. The number of hydrogen-bond acceptors (Lipinski definition) is 4. The topological polar surface area (TPSA) is 88.5 Å². The minimum atomic E-state index is -1.11. The van der Waals surface area contributed by atoms with Crippen LogP contribution in [-0.2, 0) is 9.53 Å². The Morgan fingerprint density at radius 1 is 1.38 bits per heavy atom. The smallest absolute Gasteiger partial charge is 0.408 e. The van der Waals surface area contributed by atoms with Crippen molar-refractivity contribution >= 4 is 18.1 Å².